The van der Waals surface area contributed by atoms with Crippen LogP contribution < -0.4 is 5.32 Å². The van der Waals surface area contributed by atoms with Gasteiger partial charge in [-0.25, -0.2) is 4.39 Å². The second-order valence-electron chi connectivity index (χ2n) is 3.96. The number of hydrogen-bond acceptors (Lipinski definition) is 1. The van der Waals surface area contributed by atoms with Gasteiger partial charge in [0.2, 0.25) is 0 Å². The molecule has 0 bridgehead atoms. The van der Waals surface area contributed by atoms with Gasteiger partial charge in [0.1, 0.15) is 5.82 Å². The van der Waals surface area contributed by atoms with E-state index in [0.717, 1.165) is 11.1 Å². The van der Waals surface area contributed by atoms with Gasteiger partial charge < -0.3 is 5.32 Å². The number of benzene rings is 2. The Balaban J connectivity index is 2.61. The summed E-state index contributed by atoms with van der Waals surface area (Å²) < 4.78 is 13.3. The summed E-state index contributed by atoms with van der Waals surface area (Å²) in [7, 11) is 1.85. The van der Waals surface area contributed by atoms with Gasteiger partial charge in [-0.3, -0.25) is 0 Å². The van der Waals surface area contributed by atoms with Gasteiger partial charge in [-0.15, -0.1) is 0 Å². The Labute approximate surface area is 116 Å². The predicted molar refractivity (Wildman–Crippen MR) is 74.6 cm³/mol. The van der Waals surface area contributed by atoms with Crippen molar-refractivity contribution in [1.29, 1.82) is 0 Å². The third kappa shape index (κ3) is 2.83. The molecule has 0 aromatic heterocycles. The van der Waals surface area contributed by atoms with E-state index in [9.17, 15) is 4.39 Å². The van der Waals surface area contributed by atoms with Gasteiger partial charge in [-0.1, -0.05) is 29.3 Å². The van der Waals surface area contributed by atoms with Crippen LogP contribution in [0, 0.1) is 5.82 Å². The molecule has 2 rings (SSSR count). The molecular formula is C14H12Cl2FN. The Morgan fingerprint density at radius 2 is 1.83 bits per heavy atom. The van der Waals surface area contributed by atoms with Crippen LogP contribution in [0.2, 0.25) is 10.0 Å². The van der Waals surface area contributed by atoms with Gasteiger partial charge in [0.25, 0.3) is 0 Å². The minimum Gasteiger partial charge on any atom is -0.316 e. The third-order valence-corrected chi connectivity index (χ3v) is 3.22. The fourth-order valence-electron chi connectivity index (χ4n) is 1.85. The molecule has 2 aromatic carbocycles. The summed E-state index contributed by atoms with van der Waals surface area (Å²) in [6.45, 7) is 0.666. The molecule has 0 spiro atoms. The molecule has 0 saturated heterocycles. The van der Waals surface area contributed by atoms with Crippen molar-refractivity contribution in [3.05, 3.63) is 57.8 Å². The highest BCUT2D eigenvalue weighted by Crippen LogP contribution is 2.33. The summed E-state index contributed by atoms with van der Waals surface area (Å²) in [6, 6.07) is 9.84. The van der Waals surface area contributed by atoms with E-state index in [1.165, 1.54) is 12.1 Å². The minimum absolute atomic E-state index is 0.315. The molecule has 0 saturated carbocycles. The van der Waals surface area contributed by atoms with Crippen molar-refractivity contribution >= 4 is 23.2 Å². The molecule has 4 heteroatoms. The molecule has 94 valence electrons. The molecule has 0 aliphatic heterocycles. The first-order valence-electron chi connectivity index (χ1n) is 5.50. The van der Waals surface area contributed by atoms with Gasteiger partial charge >= 0.3 is 0 Å². The highest BCUT2D eigenvalue weighted by molar-refractivity contribution is 6.34. The number of halogens is 3. The van der Waals surface area contributed by atoms with E-state index in [4.69, 9.17) is 23.2 Å². The maximum absolute atomic E-state index is 13.3. The molecule has 0 aliphatic carbocycles. The number of nitrogens with one attached hydrogen (secondary N) is 1. The van der Waals surface area contributed by atoms with Crippen LogP contribution in [0.25, 0.3) is 11.1 Å². The standard InChI is InChI=1S/C14H12Cl2FN/c1-18-8-9-2-3-10(15)6-12(9)13-7-11(17)4-5-14(13)16/h2-7,18H,8H2,1H3. The lowest BCUT2D eigenvalue weighted by molar-refractivity contribution is 0.628. The van der Waals surface area contributed by atoms with Crippen molar-refractivity contribution in [2.24, 2.45) is 0 Å². The number of hydrogen-bond donors (Lipinski definition) is 1. The average Bonchev–Trinajstić information content (AvgIpc) is 2.35. The van der Waals surface area contributed by atoms with Crippen LogP contribution in [0.5, 0.6) is 0 Å². The predicted octanol–water partition coefficient (Wildman–Crippen LogP) is 4.52. The normalized spacial score (nSPS) is 10.7. The molecule has 1 nitrogen and oxygen atoms in total. The zero-order valence-electron chi connectivity index (χ0n) is 9.81. The van der Waals surface area contributed by atoms with Crippen LogP contribution in [0.1, 0.15) is 5.56 Å². The SMILES string of the molecule is CNCc1ccc(Cl)cc1-c1cc(F)ccc1Cl. The van der Waals surface area contributed by atoms with E-state index in [0.29, 0.717) is 22.2 Å². The smallest absolute Gasteiger partial charge is 0.123 e. The van der Waals surface area contributed by atoms with Crippen LogP contribution >= 0.6 is 23.2 Å². The second-order valence-corrected chi connectivity index (χ2v) is 4.80. The lowest BCUT2D eigenvalue weighted by Gasteiger charge is -2.11. The first kappa shape index (κ1) is 13.3. The van der Waals surface area contributed by atoms with Gasteiger partial charge in [-0.2, -0.15) is 0 Å². The lowest BCUT2D eigenvalue weighted by Crippen LogP contribution is -2.06. The van der Waals surface area contributed by atoms with Crippen molar-refractivity contribution in [2.75, 3.05) is 7.05 Å². The Hall–Kier alpha value is -1.09. The highest BCUT2D eigenvalue weighted by Gasteiger charge is 2.10. The maximum atomic E-state index is 13.3. The van der Waals surface area contributed by atoms with E-state index >= 15 is 0 Å². The monoisotopic (exact) mass is 283 g/mol. The summed E-state index contributed by atoms with van der Waals surface area (Å²) in [5.74, 6) is -0.315. The molecule has 0 radical (unpaired) electrons. The van der Waals surface area contributed by atoms with Crippen LogP contribution in [0.3, 0.4) is 0 Å². The summed E-state index contributed by atoms with van der Waals surface area (Å²) >= 11 is 12.1. The summed E-state index contributed by atoms with van der Waals surface area (Å²) in [5.41, 5.74) is 2.53. The zero-order valence-corrected chi connectivity index (χ0v) is 11.3. The molecule has 0 fully saturated rings. The van der Waals surface area contributed by atoms with Crippen molar-refractivity contribution < 1.29 is 4.39 Å². The molecule has 0 amide bonds. The van der Waals surface area contributed by atoms with E-state index in [1.807, 2.05) is 19.2 Å². The van der Waals surface area contributed by atoms with Gasteiger partial charge in [-0.05, 0) is 48.5 Å². The van der Waals surface area contributed by atoms with Crippen molar-refractivity contribution in [3.63, 3.8) is 0 Å². The Bertz CT molecular complexity index is 570. The van der Waals surface area contributed by atoms with Crippen LogP contribution in [0.4, 0.5) is 4.39 Å². The van der Waals surface area contributed by atoms with Gasteiger partial charge in [0.05, 0.1) is 0 Å². The summed E-state index contributed by atoms with van der Waals surface area (Å²) in [5, 5.41) is 4.18. The summed E-state index contributed by atoms with van der Waals surface area (Å²) in [4.78, 5) is 0. The van der Waals surface area contributed by atoms with Gasteiger partial charge in [0.15, 0.2) is 0 Å². The number of rotatable bonds is 3. The first-order chi connectivity index (χ1) is 8.61. The second kappa shape index (κ2) is 5.70. The molecule has 2 aromatic rings. The van der Waals surface area contributed by atoms with Crippen LogP contribution in [0.15, 0.2) is 36.4 Å². The lowest BCUT2D eigenvalue weighted by atomic mass is 9.99. The third-order valence-electron chi connectivity index (χ3n) is 2.66. The van der Waals surface area contributed by atoms with Crippen molar-refractivity contribution in [1.82, 2.24) is 5.32 Å². The molecular weight excluding hydrogens is 272 g/mol. The molecule has 0 aliphatic rings. The van der Waals surface area contributed by atoms with Crippen molar-refractivity contribution in [3.8, 4) is 11.1 Å². The fourth-order valence-corrected chi connectivity index (χ4v) is 2.24. The Kier molecular flexibility index (Phi) is 4.23. The maximum Gasteiger partial charge on any atom is 0.123 e. The Morgan fingerprint density at radius 3 is 2.56 bits per heavy atom. The van der Waals surface area contributed by atoms with Crippen LogP contribution in [-0.2, 0) is 6.54 Å². The molecule has 0 unspecified atom stereocenters. The topological polar surface area (TPSA) is 12.0 Å². The molecule has 0 heterocycles. The van der Waals surface area contributed by atoms with Crippen molar-refractivity contribution in [2.45, 2.75) is 6.54 Å². The molecule has 1 N–H and O–H groups in total. The van der Waals surface area contributed by atoms with E-state index in [1.54, 1.807) is 12.1 Å². The molecule has 18 heavy (non-hydrogen) atoms. The first-order valence-corrected chi connectivity index (χ1v) is 6.26. The van der Waals surface area contributed by atoms with Crippen LogP contribution in [-0.4, -0.2) is 7.05 Å². The Morgan fingerprint density at radius 1 is 1.06 bits per heavy atom. The quantitative estimate of drug-likeness (QED) is 0.873. The summed E-state index contributed by atoms with van der Waals surface area (Å²) in [6.07, 6.45) is 0. The average molecular weight is 284 g/mol. The minimum atomic E-state index is -0.315. The largest absolute Gasteiger partial charge is 0.316 e. The highest BCUT2D eigenvalue weighted by atomic mass is 35.5. The fraction of sp³-hybridized carbons (Fsp3) is 0.143. The van der Waals surface area contributed by atoms with E-state index in [-0.39, 0.29) is 5.82 Å². The van der Waals surface area contributed by atoms with E-state index in [2.05, 4.69) is 5.32 Å². The van der Waals surface area contributed by atoms with E-state index < -0.39 is 0 Å². The molecule has 0 atom stereocenters. The van der Waals surface area contributed by atoms with Gasteiger partial charge in [0, 0.05) is 22.2 Å². The zero-order chi connectivity index (χ0) is 13.1.